The normalized spacial score (nSPS) is 12.1. The highest BCUT2D eigenvalue weighted by atomic mass is 35.5. The predicted molar refractivity (Wildman–Crippen MR) is 68.1 cm³/mol. The van der Waals surface area contributed by atoms with Gasteiger partial charge in [0.1, 0.15) is 0 Å². The average Bonchev–Trinajstić information content (AvgIpc) is 2.16. The van der Waals surface area contributed by atoms with Crippen molar-refractivity contribution >= 4 is 28.9 Å². The first-order chi connectivity index (χ1) is 7.41. The number of nitrogens with two attached hydrogens (primary N) is 1. The molecule has 0 aliphatic heterocycles. The molecule has 0 aromatic heterocycles. The van der Waals surface area contributed by atoms with Crippen LogP contribution in [-0.2, 0) is 4.79 Å². The molecule has 0 fully saturated rings. The van der Waals surface area contributed by atoms with Crippen molar-refractivity contribution in [2.24, 2.45) is 5.73 Å². The Kier molecular flexibility index (Phi) is 4.15. The summed E-state index contributed by atoms with van der Waals surface area (Å²) < 4.78 is 0. The number of carbonyl (C=O) groups is 1. The third-order valence-corrected chi connectivity index (χ3v) is 2.35. The Labute approximate surface area is 100 Å². The topological polar surface area (TPSA) is 58.4 Å². The van der Waals surface area contributed by atoms with Crippen molar-refractivity contribution in [3.05, 3.63) is 23.2 Å². The summed E-state index contributed by atoms with van der Waals surface area (Å²) in [5.74, 6) is -0.231. The van der Waals surface area contributed by atoms with Crippen molar-refractivity contribution in [2.45, 2.75) is 13.0 Å². The van der Waals surface area contributed by atoms with Gasteiger partial charge in [0.25, 0.3) is 0 Å². The minimum atomic E-state index is -0.547. The zero-order chi connectivity index (χ0) is 12.3. The number of hydrogen-bond acceptors (Lipinski definition) is 3. The van der Waals surface area contributed by atoms with Gasteiger partial charge in [0.05, 0.1) is 17.4 Å². The van der Waals surface area contributed by atoms with Gasteiger partial charge in [0.2, 0.25) is 5.91 Å². The summed E-state index contributed by atoms with van der Waals surface area (Å²) in [6, 6.07) is 4.78. The molecule has 0 aliphatic rings. The fourth-order valence-corrected chi connectivity index (χ4v) is 1.42. The van der Waals surface area contributed by atoms with Crippen molar-refractivity contribution in [2.75, 3.05) is 24.3 Å². The zero-order valence-corrected chi connectivity index (χ0v) is 10.4. The summed E-state index contributed by atoms with van der Waals surface area (Å²) >= 11 is 5.88. The van der Waals surface area contributed by atoms with E-state index in [9.17, 15) is 4.79 Å². The monoisotopic (exact) mass is 241 g/mol. The van der Waals surface area contributed by atoms with Crippen LogP contribution in [0.3, 0.4) is 0 Å². The maximum Gasteiger partial charge on any atom is 0.241 e. The third-order valence-electron chi connectivity index (χ3n) is 2.11. The maximum atomic E-state index is 11.5. The van der Waals surface area contributed by atoms with E-state index < -0.39 is 6.04 Å². The van der Waals surface area contributed by atoms with Crippen LogP contribution in [0.15, 0.2) is 18.2 Å². The lowest BCUT2D eigenvalue weighted by Crippen LogP contribution is -2.33. The van der Waals surface area contributed by atoms with Crippen molar-refractivity contribution in [1.29, 1.82) is 0 Å². The number of carbonyl (C=O) groups excluding carboxylic acids is 1. The first-order valence-corrected chi connectivity index (χ1v) is 5.33. The van der Waals surface area contributed by atoms with E-state index in [2.05, 4.69) is 5.32 Å². The molecule has 1 aromatic rings. The SMILES string of the molecule is C[C@@H](N)C(=O)Nc1cc(Cl)ccc1N(C)C. The second-order valence-corrected chi connectivity index (χ2v) is 4.27. The van der Waals surface area contributed by atoms with E-state index in [4.69, 9.17) is 17.3 Å². The Balaban J connectivity index is 3.01. The molecular weight excluding hydrogens is 226 g/mol. The summed E-state index contributed by atoms with van der Waals surface area (Å²) in [5.41, 5.74) is 7.04. The molecule has 4 nitrogen and oxygen atoms in total. The number of nitrogens with one attached hydrogen (secondary N) is 1. The third kappa shape index (κ3) is 3.12. The quantitative estimate of drug-likeness (QED) is 0.847. The lowest BCUT2D eigenvalue weighted by Gasteiger charge is -2.18. The van der Waals surface area contributed by atoms with Crippen LogP contribution < -0.4 is 16.0 Å². The smallest absolute Gasteiger partial charge is 0.241 e. The Hall–Kier alpha value is -1.26. The molecule has 0 saturated heterocycles. The lowest BCUT2D eigenvalue weighted by atomic mass is 10.2. The van der Waals surface area contributed by atoms with E-state index in [1.165, 1.54) is 0 Å². The molecule has 0 radical (unpaired) electrons. The standard InChI is InChI=1S/C11H16ClN3O/c1-7(13)11(16)14-9-6-8(12)4-5-10(9)15(2)3/h4-7H,13H2,1-3H3,(H,14,16)/t7-/m1/s1. The molecule has 1 atom stereocenters. The van der Waals surface area contributed by atoms with Gasteiger partial charge >= 0.3 is 0 Å². The highest BCUT2D eigenvalue weighted by Crippen LogP contribution is 2.27. The molecule has 1 amide bonds. The molecular formula is C11H16ClN3O. The summed E-state index contributed by atoms with van der Waals surface area (Å²) in [5, 5.41) is 3.32. The van der Waals surface area contributed by atoms with Gasteiger partial charge in [0, 0.05) is 19.1 Å². The van der Waals surface area contributed by atoms with Gasteiger partial charge in [0.15, 0.2) is 0 Å². The summed E-state index contributed by atoms with van der Waals surface area (Å²) in [4.78, 5) is 13.4. The van der Waals surface area contributed by atoms with Crippen LogP contribution in [-0.4, -0.2) is 26.0 Å². The van der Waals surface area contributed by atoms with Crippen molar-refractivity contribution in [3.63, 3.8) is 0 Å². The van der Waals surface area contributed by atoms with Crippen LogP contribution in [0.2, 0.25) is 5.02 Å². The number of benzene rings is 1. The first-order valence-electron chi connectivity index (χ1n) is 4.95. The predicted octanol–water partition coefficient (Wildman–Crippen LogP) is 1.69. The molecule has 0 saturated carbocycles. The Morgan fingerprint density at radius 3 is 2.62 bits per heavy atom. The highest BCUT2D eigenvalue weighted by molar-refractivity contribution is 6.31. The van der Waals surface area contributed by atoms with Gasteiger partial charge in [-0.1, -0.05) is 11.6 Å². The molecule has 0 bridgehead atoms. The summed E-state index contributed by atoms with van der Waals surface area (Å²) in [6.45, 7) is 1.63. The van der Waals surface area contributed by atoms with Crippen LogP contribution in [0, 0.1) is 0 Å². The second kappa shape index (κ2) is 5.18. The first kappa shape index (κ1) is 12.8. The minimum absolute atomic E-state index is 0.231. The number of nitrogens with zero attached hydrogens (tertiary/aromatic N) is 1. The van der Waals surface area contributed by atoms with Crippen LogP contribution in [0.25, 0.3) is 0 Å². The van der Waals surface area contributed by atoms with Crippen LogP contribution >= 0.6 is 11.6 Å². The highest BCUT2D eigenvalue weighted by Gasteiger charge is 2.11. The van der Waals surface area contributed by atoms with E-state index in [-0.39, 0.29) is 5.91 Å². The van der Waals surface area contributed by atoms with E-state index in [0.29, 0.717) is 10.7 Å². The van der Waals surface area contributed by atoms with Gasteiger partial charge in [-0.25, -0.2) is 0 Å². The largest absolute Gasteiger partial charge is 0.376 e. The second-order valence-electron chi connectivity index (χ2n) is 3.83. The fraction of sp³-hybridized carbons (Fsp3) is 0.364. The Morgan fingerprint density at radius 1 is 1.50 bits per heavy atom. The number of amides is 1. The van der Waals surface area contributed by atoms with Crippen LogP contribution in [0.5, 0.6) is 0 Å². The van der Waals surface area contributed by atoms with Crippen molar-refractivity contribution < 1.29 is 4.79 Å². The van der Waals surface area contributed by atoms with Gasteiger partial charge in [-0.15, -0.1) is 0 Å². The van der Waals surface area contributed by atoms with Gasteiger partial charge in [-0.2, -0.15) is 0 Å². The molecule has 3 N–H and O–H groups in total. The molecule has 0 heterocycles. The maximum absolute atomic E-state index is 11.5. The Morgan fingerprint density at radius 2 is 2.12 bits per heavy atom. The van der Waals surface area contributed by atoms with Crippen molar-refractivity contribution in [3.8, 4) is 0 Å². The van der Waals surface area contributed by atoms with Crippen LogP contribution in [0.4, 0.5) is 11.4 Å². The number of halogens is 1. The molecule has 16 heavy (non-hydrogen) atoms. The van der Waals surface area contributed by atoms with Gasteiger partial charge in [-0.3, -0.25) is 4.79 Å². The van der Waals surface area contributed by atoms with Gasteiger partial charge < -0.3 is 16.0 Å². The fourth-order valence-electron chi connectivity index (χ4n) is 1.24. The number of rotatable bonds is 3. The van der Waals surface area contributed by atoms with Crippen LogP contribution in [0.1, 0.15) is 6.92 Å². The average molecular weight is 242 g/mol. The molecule has 0 aliphatic carbocycles. The van der Waals surface area contributed by atoms with Gasteiger partial charge in [-0.05, 0) is 25.1 Å². The zero-order valence-electron chi connectivity index (χ0n) is 9.62. The minimum Gasteiger partial charge on any atom is -0.376 e. The van der Waals surface area contributed by atoms with E-state index >= 15 is 0 Å². The molecule has 1 aromatic carbocycles. The van der Waals surface area contributed by atoms with E-state index in [0.717, 1.165) is 5.69 Å². The number of hydrogen-bond donors (Lipinski definition) is 2. The molecule has 88 valence electrons. The molecule has 0 spiro atoms. The molecule has 0 unspecified atom stereocenters. The molecule has 1 rings (SSSR count). The number of anilines is 2. The molecule has 5 heteroatoms. The summed E-state index contributed by atoms with van der Waals surface area (Å²) in [7, 11) is 3.79. The van der Waals surface area contributed by atoms with Crippen molar-refractivity contribution in [1.82, 2.24) is 0 Å². The van der Waals surface area contributed by atoms with E-state index in [1.54, 1.807) is 19.1 Å². The van der Waals surface area contributed by atoms with E-state index in [1.807, 2.05) is 25.1 Å². The Bertz CT molecular complexity index is 391. The lowest BCUT2D eigenvalue weighted by molar-refractivity contribution is -0.117. The summed E-state index contributed by atoms with van der Waals surface area (Å²) in [6.07, 6.45) is 0.